The number of alkyl halides is 2. The number of furan rings is 1. The lowest BCUT2D eigenvalue weighted by molar-refractivity contribution is -0.129. The first-order chi connectivity index (χ1) is 14.4. The van der Waals surface area contributed by atoms with Crippen LogP contribution < -0.4 is 10.5 Å². The van der Waals surface area contributed by atoms with Gasteiger partial charge in [-0.2, -0.15) is 0 Å². The van der Waals surface area contributed by atoms with Gasteiger partial charge < -0.3 is 14.9 Å². The minimum atomic E-state index is -2.80. The molecule has 1 atom stereocenters. The summed E-state index contributed by atoms with van der Waals surface area (Å²) < 4.78 is 37.2. The molecule has 154 valence electrons. The number of carbonyl (C=O) groups excluding carboxylic acids is 1. The smallest absolute Gasteiger partial charge is 0.280 e. The molecule has 3 aromatic rings. The van der Waals surface area contributed by atoms with Crippen molar-refractivity contribution in [3.63, 3.8) is 0 Å². The first kappa shape index (κ1) is 19.6. The lowest BCUT2D eigenvalue weighted by atomic mass is 9.81. The number of likely N-dealkylation sites (N-methyl/N-ethyl adjacent to an activating group) is 1. The molecule has 0 saturated heterocycles. The van der Waals surface area contributed by atoms with Gasteiger partial charge in [-0.3, -0.25) is 14.7 Å². The van der Waals surface area contributed by atoms with Crippen LogP contribution in [-0.4, -0.2) is 35.9 Å². The summed E-state index contributed by atoms with van der Waals surface area (Å²) in [6, 6.07) is 9.57. The first-order valence-electron chi connectivity index (χ1n) is 8.97. The van der Waals surface area contributed by atoms with E-state index < -0.39 is 23.6 Å². The zero-order valence-electron chi connectivity index (χ0n) is 16.2. The predicted molar refractivity (Wildman–Crippen MR) is 105 cm³/mol. The predicted octanol–water partition coefficient (Wildman–Crippen LogP) is 3.32. The molecular weight excluding hydrogens is 394 g/mol. The number of amides is 1. The molecule has 0 radical (unpaired) electrons. The van der Waals surface area contributed by atoms with Gasteiger partial charge >= 0.3 is 0 Å². The molecule has 0 bridgehead atoms. The second-order valence-corrected chi connectivity index (χ2v) is 6.78. The molecule has 0 spiro atoms. The Kier molecular flexibility index (Phi) is 4.73. The van der Waals surface area contributed by atoms with Crippen LogP contribution >= 0.6 is 0 Å². The summed E-state index contributed by atoms with van der Waals surface area (Å²) in [5, 5.41) is 0. The van der Waals surface area contributed by atoms with E-state index >= 15 is 0 Å². The fourth-order valence-electron chi connectivity index (χ4n) is 3.50. The van der Waals surface area contributed by atoms with Crippen molar-refractivity contribution in [2.45, 2.75) is 12.0 Å². The minimum absolute atomic E-state index is 0.0249. The van der Waals surface area contributed by atoms with E-state index in [9.17, 15) is 13.6 Å². The first-order valence-corrected chi connectivity index (χ1v) is 8.97. The number of hydrogen-bond donors (Lipinski definition) is 1. The normalized spacial score (nSPS) is 18.8. The second-order valence-electron chi connectivity index (χ2n) is 6.78. The standard InChI is InChI=1S/C21H18F2N4O3/c1-27-19(28)21(26-20(27)24,14-3-5-25-17(10-14)18(22)23)15-7-13(8-16(9-15)29-2)12-4-6-30-11-12/h3-11,18H,1-2H3,(H2,24,26). The number of benzene rings is 1. The molecule has 2 N–H and O–H groups in total. The number of rotatable bonds is 5. The van der Waals surface area contributed by atoms with Gasteiger partial charge in [0.2, 0.25) is 0 Å². The van der Waals surface area contributed by atoms with Crippen LogP contribution in [0.25, 0.3) is 11.1 Å². The molecule has 3 heterocycles. The summed E-state index contributed by atoms with van der Waals surface area (Å²) in [5.74, 6) is -0.0387. The highest BCUT2D eigenvalue weighted by Crippen LogP contribution is 2.42. The Morgan fingerprint density at radius 2 is 1.97 bits per heavy atom. The van der Waals surface area contributed by atoms with E-state index in [0.717, 1.165) is 5.56 Å². The molecular formula is C21H18F2N4O3. The van der Waals surface area contributed by atoms with E-state index in [0.29, 0.717) is 16.9 Å². The molecule has 4 rings (SSSR count). The van der Waals surface area contributed by atoms with Crippen molar-refractivity contribution in [3.05, 3.63) is 71.9 Å². The molecule has 1 aromatic carbocycles. The number of guanidine groups is 1. The van der Waals surface area contributed by atoms with Crippen LogP contribution in [0.2, 0.25) is 0 Å². The monoisotopic (exact) mass is 412 g/mol. The highest BCUT2D eigenvalue weighted by molar-refractivity contribution is 6.09. The van der Waals surface area contributed by atoms with Crippen molar-refractivity contribution in [3.8, 4) is 16.9 Å². The van der Waals surface area contributed by atoms with Crippen LogP contribution in [0, 0.1) is 0 Å². The molecule has 0 aliphatic carbocycles. The molecule has 9 heteroatoms. The summed E-state index contributed by atoms with van der Waals surface area (Å²) in [7, 11) is 2.97. The zero-order valence-corrected chi connectivity index (χ0v) is 16.2. The summed E-state index contributed by atoms with van der Waals surface area (Å²) in [6.07, 6.45) is 1.50. The second kappa shape index (κ2) is 7.25. The molecule has 0 fully saturated rings. The van der Waals surface area contributed by atoms with Crippen molar-refractivity contribution >= 4 is 11.9 Å². The van der Waals surface area contributed by atoms with Gasteiger partial charge in [-0.25, -0.2) is 13.8 Å². The third-order valence-electron chi connectivity index (χ3n) is 5.08. The number of aliphatic imine (C=N–C) groups is 1. The van der Waals surface area contributed by atoms with E-state index in [1.807, 2.05) is 0 Å². The van der Waals surface area contributed by atoms with Gasteiger partial charge in [-0.1, -0.05) is 0 Å². The van der Waals surface area contributed by atoms with Crippen molar-refractivity contribution in [1.29, 1.82) is 0 Å². The average molecular weight is 412 g/mol. The largest absolute Gasteiger partial charge is 0.497 e. The van der Waals surface area contributed by atoms with Gasteiger partial charge in [0, 0.05) is 18.8 Å². The van der Waals surface area contributed by atoms with Gasteiger partial charge in [-0.05, 0) is 53.1 Å². The van der Waals surface area contributed by atoms with E-state index in [-0.39, 0.29) is 11.5 Å². The van der Waals surface area contributed by atoms with Crippen molar-refractivity contribution < 1.29 is 22.7 Å². The lowest BCUT2D eigenvalue weighted by Gasteiger charge is -2.27. The topological polar surface area (TPSA) is 93.9 Å². The third-order valence-corrected chi connectivity index (χ3v) is 5.08. The van der Waals surface area contributed by atoms with Crippen molar-refractivity contribution in [2.75, 3.05) is 14.2 Å². The maximum absolute atomic E-state index is 13.4. The van der Waals surface area contributed by atoms with Gasteiger partial charge in [0.25, 0.3) is 12.3 Å². The molecule has 7 nitrogen and oxygen atoms in total. The van der Waals surface area contributed by atoms with Crippen LogP contribution in [0.4, 0.5) is 8.78 Å². The molecule has 30 heavy (non-hydrogen) atoms. The van der Waals surface area contributed by atoms with Gasteiger partial charge in [0.1, 0.15) is 11.4 Å². The van der Waals surface area contributed by atoms with Crippen LogP contribution in [0.3, 0.4) is 0 Å². The Labute approximate surface area is 170 Å². The van der Waals surface area contributed by atoms with Crippen LogP contribution in [0.5, 0.6) is 5.75 Å². The number of aromatic nitrogens is 1. The van der Waals surface area contributed by atoms with Crippen LogP contribution in [0.15, 0.2) is 64.5 Å². The number of nitrogens with two attached hydrogens (primary N) is 1. The number of pyridine rings is 1. The van der Waals surface area contributed by atoms with E-state index in [1.165, 1.54) is 43.7 Å². The number of methoxy groups -OCH3 is 1. The molecule has 0 saturated carbocycles. The number of hydrogen-bond acceptors (Lipinski definition) is 6. The van der Waals surface area contributed by atoms with E-state index in [4.69, 9.17) is 14.9 Å². The maximum Gasteiger partial charge on any atom is 0.280 e. The Hall–Kier alpha value is -3.75. The SMILES string of the molecule is COc1cc(-c2ccoc2)cc(C2(c3ccnc(C(F)F)c3)N=C(N)N(C)C2=O)c1. The number of nitrogens with zero attached hydrogens (tertiary/aromatic N) is 3. The Morgan fingerprint density at radius 1 is 1.17 bits per heavy atom. The average Bonchev–Trinajstić information content (AvgIpc) is 3.37. The molecule has 2 aromatic heterocycles. The van der Waals surface area contributed by atoms with Crippen LogP contribution in [-0.2, 0) is 10.3 Å². The molecule has 1 aliphatic rings. The van der Waals surface area contributed by atoms with Crippen LogP contribution in [0.1, 0.15) is 23.2 Å². The third kappa shape index (κ3) is 2.99. The molecule has 1 unspecified atom stereocenters. The maximum atomic E-state index is 13.4. The Bertz CT molecular complexity index is 1130. The van der Waals surface area contributed by atoms with E-state index in [1.54, 1.807) is 30.5 Å². The van der Waals surface area contributed by atoms with Gasteiger partial charge in [0.15, 0.2) is 11.5 Å². The van der Waals surface area contributed by atoms with E-state index in [2.05, 4.69) is 9.98 Å². The van der Waals surface area contributed by atoms with Gasteiger partial charge in [-0.15, -0.1) is 0 Å². The summed E-state index contributed by atoms with van der Waals surface area (Å²) in [4.78, 5) is 22.7. The quantitative estimate of drug-likeness (QED) is 0.694. The highest BCUT2D eigenvalue weighted by Gasteiger charge is 2.50. The Balaban J connectivity index is 2.01. The number of ether oxygens (including phenoxy) is 1. The van der Waals surface area contributed by atoms with Crippen molar-refractivity contribution in [1.82, 2.24) is 9.88 Å². The molecule has 1 aliphatic heterocycles. The highest BCUT2D eigenvalue weighted by atomic mass is 19.3. The fraction of sp³-hybridized carbons (Fsp3) is 0.190. The molecule has 1 amide bonds. The summed E-state index contributed by atoms with van der Waals surface area (Å²) in [5.41, 5.74) is 5.96. The summed E-state index contributed by atoms with van der Waals surface area (Å²) in [6.45, 7) is 0. The minimum Gasteiger partial charge on any atom is -0.497 e. The fourth-order valence-corrected chi connectivity index (χ4v) is 3.50. The van der Waals surface area contributed by atoms with Crippen molar-refractivity contribution in [2.24, 2.45) is 10.7 Å². The lowest BCUT2D eigenvalue weighted by Crippen LogP contribution is -2.41. The number of carbonyl (C=O) groups is 1. The Morgan fingerprint density at radius 3 is 2.57 bits per heavy atom. The van der Waals surface area contributed by atoms with Gasteiger partial charge in [0.05, 0.1) is 19.6 Å². The summed E-state index contributed by atoms with van der Waals surface area (Å²) >= 11 is 0. The zero-order chi connectivity index (χ0) is 21.5. The number of halogens is 2.